The molecule has 0 aliphatic carbocycles. The molecular weight excluding hydrogens is 378 g/mol. The van der Waals surface area contributed by atoms with Crippen molar-refractivity contribution in [3.05, 3.63) is 69.3 Å². The number of ether oxygens (including phenoxy) is 1. The minimum atomic E-state index is -0.752. The van der Waals surface area contributed by atoms with Gasteiger partial charge in [0.25, 0.3) is 17.5 Å². The largest absolute Gasteiger partial charge is 0.454 e. The predicted octanol–water partition coefficient (Wildman–Crippen LogP) is 1.77. The molecule has 0 aromatic heterocycles. The van der Waals surface area contributed by atoms with Crippen LogP contribution >= 0.6 is 0 Å². The average Bonchev–Trinajstić information content (AvgIpc) is 3.14. The fourth-order valence-electron chi connectivity index (χ4n) is 3.12. The molecule has 9 heteroatoms. The molecule has 2 aromatic rings. The molecule has 1 heterocycles. The van der Waals surface area contributed by atoms with Crippen LogP contribution in [-0.4, -0.2) is 42.4 Å². The number of nitro groups is 1. The Balaban J connectivity index is 1.48. The molecule has 0 unspecified atom stereocenters. The van der Waals surface area contributed by atoms with Crippen molar-refractivity contribution in [2.45, 2.75) is 13.3 Å². The lowest BCUT2D eigenvalue weighted by atomic mass is 10.1. The van der Waals surface area contributed by atoms with E-state index in [1.54, 1.807) is 4.90 Å². The molecule has 9 nitrogen and oxygen atoms in total. The first-order valence-electron chi connectivity index (χ1n) is 8.94. The van der Waals surface area contributed by atoms with E-state index in [0.29, 0.717) is 12.1 Å². The lowest BCUT2D eigenvalue weighted by Crippen LogP contribution is -2.36. The number of esters is 1. The van der Waals surface area contributed by atoms with Gasteiger partial charge in [-0.25, -0.2) is 0 Å². The van der Waals surface area contributed by atoms with E-state index in [9.17, 15) is 24.5 Å². The van der Waals surface area contributed by atoms with Crippen LogP contribution < -0.4 is 10.2 Å². The maximum atomic E-state index is 12.3. The highest BCUT2D eigenvalue weighted by Gasteiger charge is 2.25. The number of carbonyl (C=O) groups is 3. The SMILES string of the molecule is Cc1cc(C(=O)NCC(=O)OCC(=O)N2CCc3ccccc32)ccc1[N+](=O)[O-]. The van der Waals surface area contributed by atoms with E-state index in [-0.39, 0.29) is 17.2 Å². The Bertz CT molecular complexity index is 988. The van der Waals surface area contributed by atoms with E-state index < -0.39 is 30.0 Å². The quantitative estimate of drug-likeness (QED) is 0.451. The lowest BCUT2D eigenvalue weighted by Gasteiger charge is -2.17. The Morgan fingerprint density at radius 1 is 1.21 bits per heavy atom. The smallest absolute Gasteiger partial charge is 0.325 e. The summed E-state index contributed by atoms with van der Waals surface area (Å²) >= 11 is 0. The highest BCUT2D eigenvalue weighted by atomic mass is 16.6. The molecule has 150 valence electrons. The van der Waals surface area contributed by atoms with Gasteiger partial charge in [0.1, 0.15) is 6.54 Å². The van der Waals surface area contributed by atoms with Gasteiger partial charge < -0.3 is 15.0 Å². The van der Waals surface area contributed by atoms with Crippen molar-refractivity contribution in [3.63, 3.8) is 0 Å². The highest BCUT2D eigenvalue weighted by molar-refractivity contribution is 5.98. The van der Waals surface area contributed by atoms with Gasteiger partial charge in [-0.2, -0.15) is 0 Å². The number of rotatable bonds is 6. The minimum Gasteiger partial charge on any atom is -0.454 e. The van der Waals surface area contributed by atoms with E-state index in [4.69, 9.17) is 4.74 Å². The molecule has 0 saturated heterocycles. The fourth-order valence-corrected chi connectivity index (χ4v) is 3.12. The van der Waals surface area contributed by atoms with Crippen LogP contribution in [0.2, 0.25) is 0 Å². The van der Waals surface area contributed by atoms with Crippen molar-refractivity contribution in [1.29, 1.82) is 0 Å². The molecule has 3 rings (SSSR count). The molecule has 0 radical (unpaired) electrons. The third kappa shape index (κ3) is 4.57. The average molecular weight is 397 g/mol. The topological polar surface area (TPSA) is 119 Å². The van der Waals surface area contributed by atoms with Gasteiger partial charge in [-0.3, -0.25) is 24.5 Å². The van der Waals surface area contributed by atoms with Gasteiger partial charge in [0.05, 0.1) is 4.92 Å². The summed E-state index contributed by atoms with van der Waals surface area (Å²) in [7, 11) is 0. The van der Waals surface area contributed by atoms with Gasteiger partial charge in [0.2, 0.25) is 0 Å². The summed E-state index contributed by atoms with van der Waals surface area (Å²) in [6.45, 7) is 1.22. The van der Waals surface area contributed by atoms with Crippen LogP contribution in [-0.2, 0) is 20.7 Å². The number of nitrogens with one attached hydrogen (secondary N) is 1. The van der Waals surface area contributed by atoms with Crippen LogP contribution in [0.4, 0.5) is 11.4 Å². The summed E-state index contributed by atoms with van der Waals surface area (Å²) in [5.41, 5.74) is 2.31. The van der Waals surface area contributed by atoms with Crippen LogP contribution in [0.25, 0.3) is 0 Å². The molecule has 0 bridgehead atoms. The highest BCUT2D eigenvalue weighted by Crippen LogP contribution is 2.27. The number of fused-ring (bicyclic) bond motifs is 1. The molecule has 1 N–H and O–H groups in total. The number of carbonyl (C=O) groups excluding carboxylic acids is 3. The van der Waals surface area contributed by atoms with Crippen LogP contribution in [0.3, 0.4) is 0 Å². The molecule has 1 aliphatic rings. The van der Waals surface area contributed by atoms with Gasteiger partial charge in [0.15, 0.2) is 6.61 Å². The zero-order chi connectivity index (χ0) is 21.0. The third-order valence-electron chi connectivity index (χ3n) is 4.59. The van der Waals surface area contributed by atoms with Crippen molar-refractivity contribution in [3.8, 4) is 0 Å². The van der Waals surface area contributed by atoms with Gasteiger partial charge in [0, 0.05) is 29.4 Å². The Morgan fingerprint density at radius 2 is 1.97 bits per heavy atom. The van der Waals surface area contributed by atoms with Gasteiger partial charge in [-0.05, 0) is 37.1 Å². The second kappa shape index (κ2) is 8.51. The molecule has 2 aromatic carbocycles. The predicted molar refractivity (Wildman–Crippen MR) is 104 cm³/mol. The van der Waals surface area contributed by atoms with E-state index >= 15 is 0 Å². The summed E-state index contributed by atoms with van der Waals surface area (Å²) in [5.74, 6) is -1.65. The summed E-state index contributed by atoms with van der Waals surface area (Å²) < 4.78 is 4.96. The van der Waals surface area contributed by atoms with Crippen molar-refractivity contribution in [2.24, 2.45) is 0 Å². The van der Waals surface area contributed by atoms with Crippen LogP contribution in [0.15, 0.2) is 42.5 Å². The Kier molecular flexibility index (Phi) is 5.87. The summed E-state index contributed by atoms with van der Waals surface area (Å²) in [6.07, 6.45) is 0.751. The number of benzene rings is 2. The van der Waals surface area contributed by atoms with Gasteiger partial charge in [-0.15, -0.1) is 0 Å². The number of anilines is 1. The maximum absolute atomic E-state index is 12.3. The first-order valence-corrected chi connectivity index (χ1v) is 8.94. The second-order valence-corrected chi connectivity index (χ2v) is 6.53. The van der Waals surface area contributed by atoms with E-state index in [1.807, 2.05) is 24.3 Å². The first kappa shape index (κ1) is 20.0. The van der Waals surface area contributed by atoms with Crippen molar-refractivity contribution in [2.75, 3.05) is 24.6 Å². The first-order chi connectivity index (χ1) is 13.9. The van der Waals surface area contributed by atoms with Crippen LogP contribution in [0, 0.1) is 17.0 Å². The number of hydrogen-bond acceptors (Lipinski definition) is 6. The third-order valence-corrected chi connectivity index (χ3v) is 4.59. The van der Waals surface area contributed by atoms with E-state index in [1.165, 1.54) is 25.1 Å². The Morgan fingerprint density at radius 3 is 2.69 bits per heavy atom. The molecule has 0 saturated carbocycles. The standard InChI is InChI=1S/C20H19N3O6/c1-13-10-15(6-7-16(13)23(27)28)20(26)21-11-19(25)29-12-18(24)22-9-8-14-4-2-3-5-17(14)22/h2-7,10H,8-9,11-12H2,1H3,(H,21,26). The molecule has 0 spiro atoms. The van der Waals surface area contributed by atoms with E-state index in [0.717, 1.165) is 17.7 Å². The van der Waals surface area contributed by atoms with Crippen molar-refractivity contribution in [1.82, 2.24) is 5.32 Å². The molecule has 29 heavy (non-hydrogen) atoms. The number of hydrogen-bond donors (Lipinski definition) is 1. The summed E-state index contributed by atoms with van der Waals surface area (Å²) in [5, 5.41) is 13.2. The van der Waals surface area contributed by atoms with Gasteiger partial charge >= 0.3 is 5.97 Å². The molecular formula is C20H19N3O6. The van der Waals surface area contributed by atoms with Crippen LogP contribution in [0.5, 0.6) is 0 Å². The second-order valence-electron chi connectivity index (χ2n) is 6.53. The number of nitro benzene ring substituents is 1. The molecule has 0 fully saturated rings. The number of amides is 2. The van der Waals surface area contributed by atoms with Crippen molar-refractivity contribution >= 4 is 29.2 Å². The lowest BCUT2D eigenvalue weighted by molar-refractivity contribution is -0.385. The van der Waals surface area contributed by atoms with Crippen LogP contribution in [0.1, 0.15) is 21.5 Å². The summed E-state index contributed by atoms with van der Waals surface area (Å²) in [6, 6.07) is 11.4. The maximum Gasteiger partial charge on any atom is 0.325 e. The Labute approximate surface area is 166 Å². The zero-order valence-electron chi connectivity index (χ0n) is 15.7. The zero-order valence-corrected chi connectivity index (χ0v) is 15.7. The fraction of sp³-hybridized carbons (Fsp3) is 0.250. The van der Waals surface area contributed by atoms with Crippen molar-refractivity contribution < 1.29 is 24.0 Å². The molecule has 1 aliphatic heterocycles. The number of nitrogens with zero attached hydrogens (tertiary/aromatic N) is 2. The van der Waals surface area contributed by atoms with Gasteiger partial charge in [-0.1, -0.05) is 18.2 Å². The molecule has 0 atom stereocenters. The normalized spacial score (nSPS) is 12.2. The Hall–Kier alpha value is -3.75. The number of aryl methyl sites for hydroxylation is 1. The molecule has 2 amide bonds. The minimum absolute atomic E-state index is 0.0945. The van der Waals surface area contributed by atoms with E-state index in [2.05, 4.69) is 5.32 Å². The number of para-hydroxylation sites is 1. The summed E-state index contributed by atoms with van der Waals surface area (Å²) in [4.78, 5) is 48.1. The monoisotopic (exact) mass is 397 g/mol.